The van der Waals surface area contributed by atoms with Crippen molar-refractivity contribution in [2.75, 3.05) is 0 Å². The summed E-state index contributed by atoms with van der Waals surface area (Å²) in [5.41, 5.74) is 12.2. The van der Waals surface area contributed by atoms with E-state index >= 15 is 0 Å². The minimum absolute atomic E-state index is 0.586. The van der Waals surface area contributed by atoms with Crippen LogP contribution in [0.3, 0.4) is 0 Å². The number of para-hydroxylation sites is 5. The zero-order valence-corrected chi connectivity index (χ0v) is 29.5. The lowest BCUT2D eigenvalue weighted by atomic mass is 9.97. The number of rotatable bonds is 4. The van der Waals surface area contributed by atoms with Gasteiger partial charge in [0.1, 0.15) is 6.07 Å². The Morgan fingerprint density at radius 3 is 1.51 bits per heavy atom. The van der Waals surface area contributed by atoms with Gasteiger partial charge in [0.25, 0.3) is 0 Å². The van der Waals surface area contributed by atoms with Gasteiger partial charge in [-0.3, -0.25) is 0 Å². The van der Waals surface area contributed by atoms with Gasteiger partial charge in [0.15, 0.2) is 0 Å². The van der Waals surface area contributed by atoms with Gasteiger partial charge in [-0.1, -0.05) is 103 Å². The van der Waals surface area contributed by atoms with E-state index in [1.165, 1.54) is 21.8 Å². The van der Waals surface area contributed by atoms with Crippen LogP contribution < -0.4 is 0 Å². The highest BCUT2D eigenvalue weighted by Crippen LogP contribution is 2.41. The first-order valence-corrected chi connectivity index (χ1v) is 18.3. The molecule has 0 aliphatic rings. The van der Waals surface area contributed by atoms with Gasteiger partial charge in [-0.25, -0.2) is 0 Å². The number of nitrogens with zero attached hydrogens (tertiary/aromatic N) is 5. The molecule has 3 aromatic heterocycles. The maximum absolute atomic E-state index is 10.6. The molecule has 0 amide bonds. The van der Waals surface area contributed by atoms with Crippen LogP contribution in [-0.2, 0) is 0 Å². The topological polar surface area (TPSA) is 62.4 Å². The number of hydrogen-bond donors (Lipinski definition) is 0. The third-order valence-electron chi connectivity index (χ3n) is 11.1. The monoisotopic (exact) mass is 699 g/mol. The lowest BCUT2D eigenvalue weighted by Gasteiger charge is -2.17. The second-order valence-corrected chi connectivity index (χ2v) is 14.0. The number of aromatic nitrogens is 3. The van der Waals surface area contributed by atoms with E-state index in [0.29, 0.717) is 11.1 Å². The van der Waals surface area contributed by atoms with Gasteiger partial charge in [-0.05, 0) is 78.4 Å². The van der Waals surface area contributed by atoms with Gasteiger partial charge in [-0.2, -0.15) is 10.5 Å². The Balaban J connectivity index is 1.16. The summed E-state index contributed by atoms with van der Waals surface area (Å²) >= 11 is 0. The van der Waals surface area contributed by atoms with E-state index in [0.717, 1.165) is 71.8 Å². The third kappa shape index (κ3) is 4.39. The second kappa shape index (κ2) is 11.8. The predicted molar refractivity (Wildman–Crippen MR) is 224 cm³/mol. The molecular weight excluding hydrogens is 671 g/mol. The molecule has 0 spiro atoms. The first kappa shape index (κ1) is 30.7. The summed E-state index contributed by atoms with van der Waals surface area (Å²) in [7, 11) is 0. The molecule has 0 aliphatic carbocycles. The van der Waals surface area contributed by atoms with Crippen LogP contribution in [0.5, 0.6) is 0 Å². The smallest absolute Gasteiger partial charge is 0.101 e. The van der Waals surface area contributed by atoms with Crippen LogP contribution in [0, 0.1) is 22.7 Å². The molecule has 254 valence electrons. The maximum atomic E-state index is 10.6. The van der Waals surface area contributed by atoms with Gasteiger partial charge in [0.05, 0.1) is 56.0 Å². The Hall–Kier alpha value is -7.86. The molecule has 0 radical (unpaired) electrons. The molecule has 3 heterocycles. The van der Waals surface area contributed by atoms with Crippen LogP contribution in [0.4, 0.5) is 0 Å². The lowest BCUT2D eigenvalue weighted by Crippen LogP contribution is -2.01. The SMILES string of the molecule is N#Cc1cccc(-n2c3ccccc3c3cc(-n4c5ccccc5c5ccccc54)ccc32)c1-c1cccc(-n2c3ccccc3c3cccc(C#N)c32)c1. The Labute approximate surface area is 316 Å². The minimum Gasteiger partial charge on any atom is -0.309 e. The van der Waals surface area contributed by atoms with E-state index in [-0.39, 0.29) is 0 Å². The largest absolute Gasteiger partial charge is 0.309 e. The average molecular weight is 700 g/mol. The van der Waals surface area contributed by atoms with E-state index in [1.807, 2.05) is 42.5 Å². The molecule has 8 aromatic carbocycles. The fourth-order valence-corrected chi connectivity index (χ4v) is 8.86. The van der Waals surface area contributed by atoms with Crippen molar-refractivity contribution >= 4 is 65.4 Å². The second-order valence-electron chi connectivity index (χ2n) is 14.0. The van der Waals surface area contributed by atoms with Crippen LogP contribution in [0.25, 0.3) is 93.6 Å². The highest BCUT2D eigenvalue weighted by atomic mass is 15.0. The van der Waals surface area contributed by atoms with Crippen LogP contribution >= 0.6 is 0 Å². The fourth-order valence-electron chi connectivity index (χ4n) is 8.86. The van der Waals surface area contributed by atoms with E-state index in [9.17, 15) is 10.5 Å². The van der Waals surface area contributed by atoms with Crippen molar-refractivity contribution in [2.45, 2.75) is 0 Å². The maximum Gasteiger partial charge on any atom is 0.101 e. The fraction of sp³-hybridized carbons (Fsp3) is 0. The summed E-state index contributed by atoms with van der Waals surface area (Å²) in [4.78, 5) is 0. The molecule has 11 aromatic rings. The standard InChI is InChI=1S/C50H29N5/c51-30-33-13-11-25-48(49(33)32-12-9-15-35(28-32)54-45-23-7-3-18-39(45)41-20-10-14-34(31-52)50(41)54)55-46-24-8-4-19-40(46)42-29-36(26-27-47(42)55)53-43-21-5-1-16-37(43)38-17-2-6-22-44(38)53/h1-29H. The van der Waals surface area contributed by atoms with Crippen LogP contribution in [0.15, 0.2) is 176 Å². The predicted octanol–water partition coefficient (Wildman–Crippen LogP) is 12.4. The van der Waals surface area contributed by atoms with Crippen molar-refractivity contribution in [3.8, 4) is 40.3 Å². The van der Waals surface area contributed by atoms with Crippen molar-refractivity contribution in [2.24, 2.45) is 0 Å². The highest BCUT2D eigenvalue weighted by Gasteiger charge is 2.21. The molecule has 0 N–H and O–H groups in total. The molecule has 5 nitrogen and oxygen atoms in total. The summed E-state index contributed by atoms with van der Waals surface area (Å²) < 4.78 is 6.84. The molecule has 0 aliphatic heterocycles. The number of benzene rings is 8. The average Bonchev–Trinajstić information content (AvgIpc) is 3.89. The summed E-state index contributed by atoms with van der Waals surface area (Å²) in [5.74, 6) is 0. The molecule has 0 saturated carbocycles. The van der Waals surface area contributed by atoms with Crippen molar-refractivity contribution in [3.05, 3.63) is 187 Å². The third-order valence-corrected chi connectivity index (χ3v) is 11.1. The lowest BCUT2D eigenvalue weighted by molar-refractivity contribution is 1.16. The van der Waals surface area contributed by atoms with Gasteiger partial charge in [0.2, 0.25) is 0 Å². The van der Waals surface area contributed by atoms with E-state index in [4.69, 9.17) is 0 Å². The minimum atomic E-state index is 0.586. The number of hydrogen-bond acceptors (Lipinski definition) is 2. The van der Waals surface area contributed by atoms with Crippen LogP contribution in [-0.4, -0.2) is 13.7 Å². The highest BCUT2D eigenvalue weighted by molar-refractivity contribution is 6.13. The van der Waals surface area contributed by atoms with Crippen molar-refractivity contribution in [3.63, 3.8) is 0 Å². The zero-order valence-electron chi connectivity index (χ0n) is 29.5. The molecule has 11 rings (SSSR count). The van der Waals surface area contributed by atoms with Gasteiger partial charge >= 0.3 is 0 Å². The summed E-state index contributed by atoms with van der Waals surface area (Å²) in [5, 5.41) is 27.7. The number of nitriles is 2. The van der Waals surface area contributed by atoms with E-state index < -0.39 is 0 Å². The Bertz CT molecular complexity index is 3420. The van der Waals surface area contributed by atoms with Gasteiger partial charge in [0, 0.05) is 49.3 Å². The van der Waals surface area contributed by atoms with Crippen molar-refractivity contribution < 1.29 is 0 Å². The molecule has 0 fully saturated rings. The summed E-state index contributed by atoms with van der Waals surface area (Å²) in [6.07, 6.45) is 0. The Kier molecular flexibility index (Phi) is 6.61. The van der Waals surface area contributed by atoms with Gasteiger partial charge in [-0.15, -0.1) is 0 Å². The van der Waals surface area contributed by atoms with E-state index in [1.54, 1.807) is 0 Å². The first-order valence-electron chi connectivity index (χ1n) is 18.3. The summed E-state index contributed by atoms with van der Waals surface area (Å²) in [6, 6.07) is 65.9. The van der Waals surface area contributed by atoms with Crippen LogP contribution in [0.2, 0.25) is 0 Å². The molecule has 0 saturated heterocycles. The Morgan fingerprint density at radius 1 is 0.345 bits per heavy atom. The summed E-state index contributed by atoms with van der Waals surface area (Å²) in [6.45, 7) is 0. The molecule has 0 atom stereocenters. The molecule has 0 bridgehead atoms. The molecule has 0 unspecified atom stereocenters. The van der Waals surface area contributed by atoms with Crippen LogP contribution in [0.1, 0.15) is 11.1 Å². The van der Waals surface area contributed by atoms with Gasteiger partial charge < -0.3 is 13.7 Å². The number of fused-ring (bicyclic) bond motifs is 9. The molecular formula is C50H29N5. The molecule has 5 heteroatoms. The van der Waals surface area contributed by atoms with Crippen molar-refractivity contribution in [1.82, 2.24) is 13.7 Å². The molecule has 55 heavy (non-hydrogen) atoms. The quantitative estimate of drug-likeness (QED) is 0.184. The van der Waals surface area contributed by atoms with Crippen molar-refractivity contribution in [1.29, 1.82) is 10.5 Å². The first-order chi connectivity index (χ1) is 27.2. The Morgan fingerprint density at radius 2 is 0.836 bits per heavy atom. The normalized spacial score (nSPS) is 11.6. The zero-order chi connectivity index (χ0) is 36.6. The van der Waals surface area contributed by atoms with E-state index in [2.05, 4.69) is 159 Å².